The van der Waals surface area contributed by atoms with E-state index in [0.717, 1.165) is 25.6 Å². The van der Waals surface area contributed by atoms with Crippen molar-refractivity contribution in [1.82, 2.24) is 10.2 Å². The van der Waals surface area contributed by atoms with Gasteiger partial charge < -0.3 is 10.1 Å². The number of piperidine rings is 1. The van der Waals surface area contributed by atoms with Gasteiger partial charge in [-0.2, -0.15) is 0 Å². The maximum Gasteiger partial charge on any atom is 0.0637 e. The minimum atomic E-state index is 0.584. The van der Waals surface area contributed by atoms with Gasteiger partial charge in [0.25, 0.3) is 0 Å². The van der Waals surface area contributed by atoms with E-state index in [1.54, 1.807) is 0 Å². The molecular weight excluding hydrogens is 200 g/mol. The van der Waals surface area contributed by atoms with Crippen molar-refractivity contribution in [2.24, 2.45) is 5.92 Å². The molecule has 0 aromatic carbocycles. The number of nitrogens with zero attached hydrogens (tertiary/aromatic N) is 1. The molecule has 2 saturated heterocycles. The zero-order valence-corrected chi connectivity index (χ0v) is 10.9. The minimum Gasteiger partial charge on any atom is -0.380 e. The quantitative estimate of drug-likeness (QED) is 0.772. The van der Waals surface area contributed by atoms with Crippen LogP contribution in [0.3, 0.4) is 0 Å². The van der Waals surface area contributed by atoms with Gasteiger partial charge in [0.05, 0.1) is 6.61 Å². The van der Waals surface area contributed by atoms with Crippen molar-refractivity contribution >= 4 is 0 Å². The second-order valence-electron chi connectivity index (χ2n) is 5.54. The molecule has 2 rings (SSSR count). The van der Waals surface area contributed by atoms with Crippen LogP contribution in [0.2, 0.25) is 0 Å². The van der Waals surface area contributed by atoms with E-state index in [4.69, 9.17) is 4.74 Å². The van der Waals surface area contributed by atoms with Gasteiger partial charge in [-0.05, 0) is 45.7 Å². The van der Waals surface area contributed by atoms with Crippen LogP contribution in [0.4, 0.5) is 0 Å². The van der Waals surface area contributed by atoms with Crippen molar-refractivity contribution in [2.45, 2.75) is 51.2 Å². The molecule has 0 aromatic heterocycles. The fraction of sp³-hybridized carbons (Fsp3) is 1.00. The first-order valence-corrected chi connectivity index (χ1v) is 6.73. The monoisotopic (exact) mass is 226 g/mol. The van der Waals surface area contributed by atoms with Crippen LogP contribution in [-0.4, -0.2) is 49.8 Å². The molecule has 2 aliphatic rings. The van der Waals surface area contributed by atoms with Crippen LogP contribution >= 0.6 is 0 Å². The van der Waals surface area contributed by atoms with Gasteiger partial charge >= 0.3 is 0 Å². The van der Waals surface area contributed by atoms with Crippen LogP contribution in [0.25, 0.3) is 0 Å². The largest absolute Gasteiger partial charge is 0.380 e. The van der Waals surface area contributed by atoms with Crippen LogP contribution in [0.5, 0.6) is 0 Å². The molecular formula is C13H26N2O. The van der Waals surface area contributed by atoms with Crippen LogP contribution in [0.1, 0.15) is 33.1 Å². The Balaban J connectivity index is 1.98. The van der Waals surface area contributed by atoms with Crippen molar-refractivity contribution in [3.8, 4) is 0 Å². The fourth-order valence-corrected chi connectivity index (χ4v) is 3.30. The Hall–Kier alpha value is -0.120. The number of ether oxygens (including phenoxy) is 1. The third kappa shape index (κ3) is 2.58. The molecule has 4 unspecified atom stereocenters. The number of nitrogens with one attached hydrogen (secondary N) is 1. The van der Waals surface area contributed by atoms with Crippen molar-refractivity contribution < 1.29 is 4.74 Å². The van der Waals surface area contributed by atoms with Crippen LogP contribution in [0, 0.1) is 5.92 Å². The van der Waals surface area contributed by atoms with Gasteiger partial charge in [-0.25, -0.2) is 0 Å². The minimum absolute atomic E-state index is 0.584. The molecule has 0 saturated carbocycles. The lowest BCUT2D eigenvalue weighted by Crippen LogP contribution is -2.58. The molecule has 3 heteroatoms. The van der Waals surface area contributed by atoms with E-state index in [0.29, 0.717) is 18.1 Å². The molecule has 0 aliphatic carbocycles. The number of rotatable bonds is 2. The van der Waals surface area contributed by atoms with Crippen molar-refractivity contribution in [2.75, 3.05) is 26.8 Å². The summed E-state index contributed by atoms with van der Waals surface area (Å²) in [6.45, 7) is 7.82. The summed E-state index contributed by atoms with van der Waals surface area (Å²) in [6, 6.07) is 1.91. The van der Waals surface area contributed by atoms with E-state index >= 15 is 0 Å². The SMILES string of the molecule is CNC1CCOCC1N1CCC(C)CC1C. The Morgan fingerprint density at radius 3 is 2.75 bits per heavy atom. The highest BCUT2D eigenvalue weighted by Crippen LogP contribution is 2.26. The van der Waals surface area contributed by atoms with Gasteiger partial charge in [0.2, 0.25) is 0 Å². The Bertz CT molecular complexity index is 222. The standard InChI is InChI=1S/C13H26N2O/c1-10-4-6-15(11(2)8-10)13-9-16-7-5-12(13)14-3/h10-14H,4-9H2,1-3H3. The summed E-state index contributed by atoms with van der Waals surface area (Å²) in [7, 11) is 2.08. The van der Waals surface area contributed by atoms with Crippen LogP contribution in [-0.2, 0) is 4.74 Å². The fourth-order valence-electron chi connectivity index (χ4n) is 3.30. The highest BCUT2D eigenvalue weighted by atomic mass is 16.5. The van der Waals surface area contributed by atoms with Crippen molar-refractivity contribution in [3.05, 3.63) is 0 Å². The first kappa shape index (κ1) is 12.3. The predicted molar refractivity (Wildman–Crippen MR) is 66.6 cm³/mol. The summed E-state index contributed by atoms with van der Waals surface area (Å²) in [5.74, 6) is 0.892. The molecule has 4 atom stereocenters. The Morgan fingerprint density at radius 2 is 2.06 bits per heavy atom. The molecule has 3 nitrogen and oxygen atoms in total. The van der Waals surface area contributed by atoms with E-state index in [1.165, 1.54) is 19.4 Å². The van der Waals surface area contributed by atoms with Gasteiger partial charge in [-0.15, -0.1) is 0 Å². The Kier molecular flexibility index (Phi) is 4.22. The van der Waals surface area contributed by atoms with Crippen molar-refractivity contribution in [1.29, 1.82) is 0 Å². The topological polar surface area (TPSA) is 24.5 Å². The number of hydrogen-bond donors (Lipinski definition) is 1. The first-order valence-electron chi connectivity index (χ1n) is 6.73. The molecule has 0 amide bonds. The van der Waals surface area contributed by atoms with Crippen molar-refractivity contribution in [3.63, 3.8) is 0 Å². The second kappa shape index (κ2) is 5.48. The van der Waals surface area contributed by atoms with Gasteiger partial charge in [0, 0.05) is 24.7 Å². The van der Waals surface area contributed by atoms with E-state index in [1.807, 2.05) is 0 Å². The summed E-state index contributed by atoms with van der Waals surface area (Å²) in [5.41, 5.74) is 0. The van der Waals surface area contributed by atoms with Gasteiger partial charge in [0.1, 0.15) is 0 Å². The summed E-state index contributed by atoms with van der Waals surface area (Å²) >= 11 is 0. The third-order valence-corrected chi connectivity index (χ3v) is 4.31. The lowest BCUT2D eigenvalue weighted by atomic mass is 9.90. The second-order valence-corrected chi connectivity index (χ2v) is 5.54. The van der Waals surface area contributed by atoms with Gasteiger partial charge in [0.15, 0.2) is 0 Å². The average Bonchev–Trinajstić information content (AvgIpc) is 2.29. The molecule has 16 heavy (non-hydrogen) atoms. The maximum atomic E-state index is 5.66. The normalized spacial score (nSPS) is 42.2. The first-order chi connectivity index (χ1) is 7.72. The summed E-state index contributed by atoms with van der Waals surface area (Å²) in [5, 5.41) is 3.46. The lowest BCUT2D eigenvalue weighted by Gasteiger charge is -2.46. The van der Waals surface area contributed by atoms with Gasteiger partial charge in [-0.3, -0.25) is 4.90 Å². The number of likely N-dealkylation sites (tertiary alicyclic amines) is 1. The molecule has 0 radical (unpaired) electrons. The molecule has 0 spiro atoms. The average molecular weight is 226 g/mol. The molecule has 0 aromatic rings. The molecule has 2 fully saturated rings. The molecule has 1 N–H and O–H groups in total. The summed E-state index contributed by atoms with van der Waals surface area (Å²) in [6.07, 6.45) is 3.84. The van der Waals surface area contributed by atoms with E-state index in [9.17, 15) is 0 Å². The number of likely N-dealkylation sites (N-methyl/N-ethyl adjacent to an activating group) is 1. The van der Waals surface area contributed by atoms with Gasteiger partial charge in [-0.1, -0.05) is 6.92 Å². The Morgan fingerprint density at radius 1 is 1.25 bits per heavy atom. The highest BCUT2D eigenvalue weighted by Gasteiger charge is 2.34. The lowest BCUT2D eigenvalue weighted by molar-refractivity contribution is -0.0311. The third-order valence-electron chi connectivity index (χ3n) is 4.31. The van der Waals surface area contributed by atoms with Crippen LogP contribution < -0.4 is 5.32 Å². The Labute approximate surface area is 99.5 Å². The summed E-state index contributed by atoms with van der Waals surface area (Å²) < 4.78 is 5.66. The zero-order valence-electron chi connectivity index (χ0n) is 10.9. The molecule has 0 bridgehead atoms. The van der Waals surface area contributed by atoms with E-state index < -0.39 is 0 Å². The molecule has 2 aliphatic heterocycles. The zero-order chi connectivity index (χ0) is 11.5. The summed E-state index contributed by atoms with van der Waals surface area (Å²) in [4.78, 5) is 2.67. The van der Waals surface area contributed by atoms with Crippen LogP contribution in [0.15, 0.2) is 0 Å². The van der Waals surface area contributed by atoms with E-state index in [-0.39, 0.29) is 0 Å². The van der Waals surface area contributed by atoms with E-state index in [2.05, 4.69) is 31.1 Å². The molecule has 2 heterocycles. The predicted octanol–water partition coefficient (Wildman–Crippen LogP) is 1.48. The molecule has 94 valence electrons. The highest BCUT2D eigenvalue weighted by molar-refractivity contribution is 4.91. The smallest absolute Gasteiger partial charge is 0.0637 e. The maximum absolute atomic E-state index is 5.66. The number of hydrogen-bond acceptors (Lipinski definition) is 3.